The van der Waals surface area contributed by atoms with Gasteiger partial charge in [-0.05, 0) is 51.4 Å². The summed E-state index contributed by atoms with van der Waals surface area (Å²) >= 11 is 0. The van der Waals surface area contributed by atoms with Gasteiger partial charge in [0, 0.05) is 0 Å². The van der Waals surface area contributed by atoms with E-state index in [1.807, 2.05) is 0 Å². The van der Waals surface area contributed by atoms with Gasteiger partial charge in [0.15, 0.2) is 0 Å². The third kappa shape index (κ3) is 93.9. The second-order valence-electron chi connectivity index (χ2n) is 7.66. The normalized spacial score (nSPS) is 8.25. The molecule has 0 aliphatic carbocycles. The van der Waals surface area contributed by atoms with E-state index >= 15 is 0 Å². The maximum atomic E-state index is 3.76. The van der Waals surface area contributed by atoms with Crippen LogP contribution in [-0.4, -0.2) is 26.2 Å². The lowest BCUT2D eigenvalue weighted by Crippen LogP contribution is -3.00. The molecule has 0 aromatic carbocycles. The van der Waals surface area contributed by atoms with Crippen molar-refractivity contribution in [3.63, 3.8) is 0 Å². The smallest absolute Gasteiger partial charge is 0.0739 e. The molecule has 0 amide bonds. The average Bonchev–Trinajstić information content (AvgIpc) is 2.71. The maximum absolute atomic E-state index is 3.76. The Morgan fingerprint density at radius 3 is 0.531 bits per heavy atom. The van der Waals surface area contributed by atoms with Crippen LogP contribution in [0.4, 0.5) is 0 Å². The minimum Gasteiger partial charge on any atom is -1.00 e. The van der Waals surface area contributed by atoms with E-state index in [0.29, 0.717) is 0 Å². The molecule has 0 unspecified atom stereocenters. The summed E-state index contributed by atoms with van der Waals surface area (Å²) in [6.45, 7) is 13.3. The van der Waals surface area contributed by atoms with E-state index in [9.17, 15) is 0 Å². The molecule has 32 heavy (non-hydrogen) atoms. The summed E-state index contributed by atoms with van der Waals surface area (Å²) in [5, 5.41) is 0. The van der Waals surface area contributed by atoms with Crippen molar-refractivity contribution in [2.75, 3.05) is 26.2 Å². The first-order valence-electron chi connectivity index (χ1n) is 12.8. The van der Waals surface area contributed by atoms with E-state index < -0.39 is 0 Å². The summed E-state index contributed by atoms with van der Waals surface area (Å²) in [6, 6.07) is 0. The molecular weight excluding hydrogens is 852 g/mol. The quantitative estimate of drug-likeness (QED) is 0.0874. The van der Waals surface area contributed by atoms with E-state index in [0.717, 1.165) is 26.2 Å². The summed E-state index contributed by atoms with van der Waals surface area (Å²) in [5.41, 5.74) is 15.0. The van der Waals surface area contributed by atoms with Gasteiger partial charge in [0.2, 0.25) is 0 Å². The Labute approximate surface area is 272 Å². The van der Waals surface area contributed by atoms with Gasteiger partial charge < -0.3 is 119 Å². The van der Waals surface area contributed by atoms with Crippen LogP contribution in [0, 0.1) is 0 Å². The van der Waals surface area contributed by atoms with Crippen LogP contribution < -0.4 is 119 Å². The van der Waals surface area contributed by atoms with Gasteiger partial charge in [-0.1, -0.05) is 79.1 Å². The molecule has 0 spiro atoms. The first-order valence-corrected chi connectivity index (χ1v) is 12.8. The minimum atomic E-state index is 0. The Hall–Kier alpha value is 2.76. The van der Waals surface area contributed by atoms with Crippen molar-refractivity contribution < 1.29 is 119 Å². The minimum absolute atomic E-state index is 0. The van der Waals surface area contributed by atoms with Crippen LogP contribution in [0.3, 0.4) is 0 Å². The van der Waals surface area contributed by atoms with Gasteiger partial charge >= 0.3 is 0 Å². The van der Waals surface area contributed by atoms with E-state index in [1.54, 1.807) is 0 Å². The number of halogens is 4. The van der Waals surface area contributed by atoms with Crippen LogP contribution in [0.15, 0.2) is 0 Å². The van der Waals surface area contributed by atoms with Crippen molar-refractivity contribution in [1.29, 1.82) is 0 Å². The van der Waals surface area contributed by atoms with Gasteiger partial charge in [-0.3, -0.25) is 0 Å². The van der Waals surface area contributed by atoms with Crippen LogP contribution in [0.2, 0.25) is 0 Å². The molecule has 12 N–H and O–H groups in total. The molecule has 0 bridgehead atoms. The Bertz CT molecular complexity index is 151. The molecule has 0 aliphatic rings. The molecule has 208 valence electrons. The van der Waals surface area contributed by atoms with Gasteiger partial charge in [0.1, 0.15) is 0 Å². The third-order valence-electron chi connectivity index (χ3n) is 4.41. The number of quaternary nitrogens is 4. The van der Waals surface area contributed by atoms with Crippen LogP contribution in [0.25, 0.3) is 0 Å². The van der Waals surface area contributed by atoms with Gasteiger partial charge in [0.25, 0.3) is 0 Å². The van der Waals surface area contributed by atoms with Crippen molar-refractivity contribution in [1.82, 2.24) is 0 Å². The molecule has 0 atom stereocenters. The van der Waals surface area contributed by atoms with Gasteiger partial charge in [-0.25, -0.2) is 0 Å². The standard InChI is InChI=1S/4C6H15N.4HI/c4*1-2-3-4-5-6-7;;;;/h4*2-7H2,1H3;4*1H. The highest BCUT2D eigenvalue weighted by atomic mass is 127. The maximum Gasteiger partial charge on any atom is 0.0739 e. The Balaban J connectivity index is -0.0000000384. The fourth-order valence-corrected chi connectivity index (χ4v) is 2.41. The monoisotopic (exact) mass is 916 g/mol. The van der Waals surface area contributed by atoms with Crippen molar-refractivity contribution in [3.05, 3.63) is 0 Å². The lowest BCUT2D eigenvalue weighted by Gasteiger charge is -1.89. The second-order valence-corrected chi connectivity index (χ2v) is 7.66. The fraction of sp³-hybridized carbons (Fsp3) is 1.00. The summed E-state index contributed by atoms with van der Waals surface area (Å²) in [6.07, 6.45) is 21.6. The Morgan fingerprint density at radius 1 is 0.281 bits per heavy atom. The summed E-state index contributed by atoms with van der Waals surface area (Å²) in [5.74, 6) is 0. The molecule has 0 heterocycles. The first kappa shape index (κ1) is 55.3. The highest BCUT2D eigenvalue weighted by Crippen LogP contribution is 1.96. The number of hydrogen-bond acceptors (Lipinski definition) is 0. The first-order chi connectivity index (χ1) is 13.7. The van der Waals surface area contributed by atoms with Crippen molar-refractivity contribution >= 4 is 0 Å². The van der Waals surface area contributed by atoms with E-state index in [-0.39, 0.29) is 95.9 Å². The topological polar surface area (TPSA) is 111 Å². The van der Waals surface area contributed by atoms with Crippen LogP contribution >= 0.6 is 0 Å². The van der Waals surface area contributed by atoms with Crippen LogP contribution in [-0.2, 0) is 0 Å². The van der Waals surface area contributed by atoms with Crippen molar-refractivity contribution in [3.8, 4) is 0 Å². The zero-order chi connectivity index (χ0) is 22.1. The molecule has 0 saturated heterocycles. The molecule has 0 radical (unpaired) electrons. The molecular formula is C24H64I4N4. The summed E-state index contributed by atoms with van der Waals surface area (Å²) in [7, 11) is 0. The van der Waals surface area contributed by atoms with E-state index in [1.165, 1.54) is 103 Å². The van der Waals surface area contributed by atoms with Gasteiger partial charge in [-0.15, -0.1) is 0 Å². The van der Waals surface area contributed by atoms with Gasteiger partial charge in [0.05, 0.1) is 26.2 Å². The molecule has 8 heteroatoms. The van der Waals surface area contributed by atoms with Crippen molar-refractivity contribution in [2.24, 2.45) is 0 Å². The largest absolute Gasteiger partial charge is 1.00 e. The predicted octanol–water partition coefficient (Wildman–Crippen LogP) is -8.75. The van der Waals surface area contributed by atoms with E-state index in [2.05, 4.69) is 50.6 Å². The average molecular weight is 916 g/mol. The predicted molar refractivity (Wildman–Crippen MR) is 128 cm³/mol. The number of unbranched alkanes of at least 4 members (excludes halogenated alkanes) is 12. The molecule has 0 aromatic rings. The molecule has 0 saturated carbocycles. The SMILES string of the molecule is CCCCCC[NH3+].CCCCCC[NH3+].CCCCCC[NH3+].CCCCCC[NH3+].[I-].[I-].[I-].[I-]. The summed E-state index contributed by atoms with van der Waals surface area (Å²) < 4.78 is 0. The number of rotatable bonds is 16. The molecule has 0 rings (SSSR count). The van der Waals surface area contributed by atoms with E-state index in [4.69, 9.17) is 0 Å². The zero-order valence-corrected chi connectivity index (χ0v) is 31.1. The lowest BCUT2D eigenvalue weighted by atomic mass is 10.2. The highest BCUT2D eigenvalue weighted by Gasteiger charge is 1.84. The summed E-state index contributed by atoms with van der Waals surface area (Å²) in [4.78, 5) is 0. The fourth-order valence-electron chi connectivity index (χ4n) is 2.41. The lowest BCUT2D eigenvalue weighted by molar-refractivity contribution is -0.368. The molecule has 0 aliphatic heterocycles. The van der Waals surface area contributed by atoms with Crippen LogP contribution in [0.5, 0.6) is 0 Å². The Kier molecular flexibility index (Phi) is 121. The Morgan fingerprint density at radius 2 is 0.438 bits per heavy atom. The molecule has 0 fully saturated rings. The van der Waals surface area contributed by atoms with Crippen molar-refractivity contribution in [2.45, 2.75) is 130 Å². The zero-order valence-electron chi connectivity index (χ0n) is 22.5. The highest BCUT2D eigenvalue weighted by molar-refractivity contribution is 4.36. The number of hydrogen-bond donors (Lipinski definition) is 4. The van der Waals surface area contributed by atoms with Gasteiger partial charge in [-0.2, -0.15) is 0 Å². The second kappa shape index (κ2) is 69.9. The molecule has 0 aromatic heterocycles. The molecule has 4 nitrogen and oxygen atoms in total. The third-order valence-corrected chi connectivity index (χ3v) is 4.41. The van der Waals surface area contributed by atoms with Crippen LogP contribution in [0.1, 0.15) is 130 Å².